The van der Waals surface area contributed by atoms with E-state index in [1.54, 1.807) is 24.1 Å². The Kier molecular flexibility index (Phi) is 9.51. The molecule has 2 aliphatic heterocycles. The van der Waals surface area contributed by atoms with E-state index >= 15 is 0 Å². The molecular formula is C30H40ClN5O2S. The third kappa shape index (κ3) is 6.63. The number of piperazine rings is 1. The van der Waals surface area contributed by atoms with Crippen molar-refractivity contribution in [2.24, 2.45) is 0 Å². The molecule has 0 spiro atoms. The number of nitrogens with one attached hydrogen (secondary N) is 3. The van der Waals surface area contributed by atoms with Crippen molar-refractivity contribution in [1.82, 2.24) is 25.2 Å². The molecule has 9 heteroatoms. The van der Waals surface area contributed by atoms with Gasteiger partial charge in [0.1, 0.15) is 6.04 Å². The molecule has 2 aromatic rings. The van der Waals surface area contributed by atoms with Crippen molar-refractivity contribution >= 4 is 35.4 Å². The minimum absolute atomic E-state index is 0.0542. The Hall–Kier alpha value is -2.10. The van der Waals surface area contributed by atoms with Crippen molar-refractivity contribution in [2.45, 2.75) is 62.7 Å². The predicted molar refractivity (Wildman–Crippen MR) is 159 cm³/mol. The molecule has 210 valence electrons. The zero-order chi connectivity index (χ0) is 27.2. The Morgan fingerprint density at radius 1 is 1.03 bits per heavy atom. The second-order valence-electron chi connectivity index (χ2n) is 11.0. The number of benzene rings is 2. The van der Waals surface area contributed by atoms with Gasteiger partial charge in [-0.15, -0.1) is 0 Å². The summed E-state index contributed by atoms with van der Waals surface area (Å²) in [4.78, 5) is 32.0. The van der Waals surface area contributed by atoms with E-state index in [4.69, 9.17) is 11.6 Å². The fourth-order valence-corrected chi connectivity index (χ4v) is 6.97. The van der Waals surface area contributed by atoms with Crippen molar-refractivity contribution in [1.29, 1.82) is 0 Å². The number of carbonyl (C=O) groups is 2. The summed E-state index contributed by atoms with van der Waals surface area (Å²) in [6.07, 6.45) is 8.93. The lowest BCUT2D eigenvalue weighted by atomic mass is 9.80. The molecule has 2 aromatic carbocycles. The van der Waals surface area contributed by atoms with Crippen LogP contribution in [-0.4, -0.2) is 72.2 Å². The number of carbonyl (C=O) groups excluding carboxylic acids is 2. The van der Waals surface area contributed by atoms with Crippen molar-refractivity contribution in [2.75, 3.05) is 39.0 Å². The summed E-state index contributed by atoms with van der Waals surface area (Å²) in [6.45, 7) is 4.64. The van der Waals surface area contributed by atoms with Crippen molar-refractivity contribution in [3.05, 3.63) is 70.2 Å². The Labute approximate surface area is 241 Å². The van der Waals surface area contributed by atoms with Crippen LogP contribution in [0.4, 0.5) is 0 Å². The van der Waals surface area contributed by atoms with Crippen LogP contribution in [-0.2, 0) is 22.6 Å². The van der Waals surface area contributed by atoms with Crippen LogP contribution < -0.4 is 15.4 Å². The monoisotopic (exact) mass is 569 g/mol. The molecule has 2 unspecified atom stereocenters. The van der Waals surface area contributed by atoms with Gasteiger partial charge in [-0.25, -0.2) is 0 Å². The van der Waals surface area contributed by atoms with E-state index in [1.807, 2.05) is 29.2 Å². The second kappa shape index (κ2) is 13.0. The summed E-state index contributed by atoms with van der Waals surface area (Å²) in [6, 6.07) is 14.3. The molecule has 5 rings (SSSR count). The van der Waals surface area contributed by atoms with Crippen molar-refractivity contribution in [3.8, 4) is 0 Å². The fraction of sp³-hybridized carbons (Fsp3) is 0.533. The highest BCUT2D eigenvalue weighted by Gasteiger charge is 2.40. The van der Waals surface area contributed by atoms with Crippen LogP contribution >= 0.6 is 23.5 Å². The first-order valence-electron chi connectivity index (χ1n) is 14.1. The molecule has 2 atom stereocenters. The molecule has 2 heterocycles. The molecule has 1 saturated heterocycles. The molecule has 39 heavy (non-hydrogen) atoms. The van der Waals surface area contributed by atoms with E-state index in [0.717, 1.165) is 25.2 Å². The summed E-state index contributed by atoms with van der Waals surface area (Å²) in [7, 11) is 0. The zero-order valence-electron chi connectivity index (χ0n) is 22.8. The summed E-state index contributed by atoms with van der Waals surface area (Å²) in [5, 5.41) is 7.05. The molecule has 1 saturated carbocycles. The first-order chi connectivity index (χ1) is 19.0. The van der Waals surface area contributed by atoms with Gasteiger partial charge in [-0.05, 0) is 54.3 Å². The lowest BCUT2D eigenvalue weighted by Crippen LogP contribution is -2.62. The van der Waals surface area contributed by atoms with Crippen LogP contribution in [0.5, 0.6) is 0 Å². The second-order valence-corrected chi connectivity index (χ2v) is 12.2. The molecule has 1 aliphatic carbocycles. The average Bonchev–Trinajstić information content (AvgIpc) is 2.99. The van der Waals surface area contributed by atoms with E-state index in [2.05, 4.69) is 38.6 Å². The summed E-state index contributed by atoms with van der Waals surface area (Å²) in [5.74, 6) is -0.206. The van der Waals surface area contributed by atoms with E-state index in [1.165, 1.54) is 43.2 Å². The highest BCUT2D eigenvalue weighted by atomic mass is 35.5. The molecule has 3 aliphatic rings. The van der Waals surface area contributed by atoms with Crippen LogP contribution in [0.3, 0.4) is 0 Å². The number of fused-ring (bicyclic) bond motifs is 1. The summed E-state index contributed by atoms with van der Waals surface area (Å²) in [5.41, 5.74) is 3.32. The predicted octanol–water partition coefficient (Wildman–Crippen LogP) is 3.93. The maximum atomic E-state index is 14.0. The standard InChI is InChI=1S/C30H40ClN5O2S/c1-39-33-21-30(13-5-2-6-14-30)36-17-15-35(16-18-36)29(38)27(22-9-11-25(31)12-10-22)34-28(37)26-19-23-7-3-4-8-24(23)20-32-26/h3-4,7-12,26-27,32-33H,2,5-6,13-21H2,1H3,(H,34,37). The normalized spacial score (nSPS) is 22.1. The van der Waals surface area contributed by atoms with Crippen LogP contribution in [0.25, 0.3) is 0 Å². The van der Waals surface area contributed by atoms with E-state index in [-0.39, 0.29) is 23.4 Å². The largest absolute Gasteiger partial charge is 0.339 e. The quantitative estimate of drug-likeness (QED) is 0.418. The number of halogens is 1. The highest BCUT2D eigenvalue weighted by molar-refractivity contribution is 7.96. The van der Waals surface area contributed by atoms with E-state index in [0.29, 0.717) is 31.1 Å². The highest BCUT2D eigenvalue weighted by Crippen LogP contribution is 2.34. The molecule has 3 N–H and O–H groups in total. The molecule has 0 aromatic heterocycles. The molecule has 2 fully saturated rings. The Morgan fingerprint density at radius 2 is 1.72 bits per heavy atom. The maximum Gasteiger partial charge on any atom is 0.249 e. The van der Waals surface area contributed by atoms with Gasteiger partial charge >= 0.3 is 0 Å². The smallest absolute Gasteiger partial charge is 0.249 e. The molecule has 0 bridgehead atoms. The number of hydrogen-bond acceptors (Lipinski definition) is 6. The van der Waals surface area contributed by atoms with Gasteiger partial charge in [0.2, 0.25) is 11.8 Å². The lowest BCUT2D eigenvalue weighted by Gasteiger charge is -2.50. The van der Waals surface area contributed by atoms with Crippen molar-refractivity contribution in [3.63, 3.8) is 0 Å². The third-order valence-corrected chi connectivity index (χ3v) is 9.41. The van der Waals surface area contributed by atoms with Crippen molar-refractivity contribution < 1.29 is 9.59 Å². The molecule has 0 radical (unpaired) electrons. The van der Waals surface area contributed by atoms with Crippen LogP contribution in [0.2, 0.25) is 5.02 Å². The van der Waals surface area contributed by atoms with Gasteiger partial charge in [-0.1, -0.05) is 79.2 Å². The maximum absolute atomic E-state index is 14.0. The molecule has 7 nitrogen and oxygen atoms in total. The number of hydrogen-bond donors (Lipinski definition) is 3. The Bertz CT molecular complexity index is 1130. The van der Waals surface area contributed by atoms with Gasteiger partial charge < -0.3 is 15.5 Å². The first-order valence-corrected chi connectivity index (χ1v) is 15.7. The summed E-state index contributed by atoms with van der Waals surface area (Å²) < 4.78 is 3.52. The molecule has 2 amide bonds. The van der Waals surface area contributed by atoms with Gasteiger partial charge in [-0.3, -0.25) is 19.2 Å². The average molecular weight is 570 g/mol. The number of amides is 2. The van der Waals surface area contributed by atoms with Gasteiger partial charge in [0.15, 0.2) is 0 Å². The van der Waals surface area contributed by atoms with E-state index in [9.17, 15) is 9.59 Å². The van der Waals surface area contributed by atoms with Gasteiger partial charge in [0.05, 0.1) is 6.04 Å². The minimum Gasteiger partial charge on any atom is -0.339 e. The summed E-state index contributed by atoms with van der Waals surface area (Å²) >= 11 is 7.84. The lowest BCUT2D eigenvalue weighted by molar-refractivity contribution is -0.139. The third-order valence-electron chi connectivity index (χ3n) is 8.73. The van der Waals surface area contributed by atoms with Crippen LogP contribution in [0.1, 0.15) is 54.8 Å². The molecular weight excluding hydrogens is 530 g/mol. The zero-order valence-corrected chi connectivity index (χ0v) is 24.3. The first kappa shape index (κ1) is 28.4. The number of rotatable bonds is 8. The topological polar surface area (TPSA) is 76.7 Å². The SMILES string of the molecule is CSNCC1(N2CCN(C(=O)C(NC(=O)C3Cc4ccccc4CN3)c3ccc(Cl)cc3)CC2)CCCCC1. The van der Waals surface area contributed by atoms with Gasteiger partial charge in [-0.2, -0.15) is 0 Å². The van der Waals surface area contributed by atoms with E-state index < -0.39 is 6.04 Å². The van der Waals surface area contributed by atoms with Crippen LogP contribution in [0.15, 0.2) is 48.5 Å². The minimum atomic E-state index is -0.748. The fourth-order valence-electron chi connectivity index (χ4n) is 6.43. The Balaban J connectivity index is 1.28. The van der Waals surface area contributed by atoms with Gasteiger partial charge in [0.25, 0.3) is 0 Å². The number of nitrogens with zero attached hydrogens (tertiary/aromatic N) is 2. The Morgan fingerprint density at radius 3 is 2.41 bits per heavy atom. The van der Waals surface area contributed by atoms with Crippen LogP contribution in [0, 0.1) is 0 Å². The van der Waals surface area contributed by atoms with Gasteiger partial charge in [0, 0.05) is 49.8 Å².